The number of ether oxygens (including phenoxy) is 2. The zero-order chi connectivity index (χ0) is 32.1. The van der Waals surface area contributed by atoms with Crippen molar-refractivity contribution in [2.24, 2.45) is 0 Å². The van der Waals surface area contributed by atoms with E-state index in [1.54, 1.807) is 7.11 Å². The van der Waals surface area contributed by atoms with E-state index in [-0.39, 0.29) is 18.7 Å². The third kappa shape index (κ3) is 8.97. The summed E-state index contributed by atoms with van der Waals surface area (Å²) in [5, 5.41) is 0. The molecule has 4 rings (SSSR count). The molecule has 2 saturated heterocycles. The van der Waals surface area contributed by atoms with Crippen molar-refractivity contribution in [3.63, 3.8) is 0 Å². The van der Waals surface area contributed by atoms with Gasteiger partial charge in [0, 0.05) is 51.4 Å². The van der Waals surface area contributed by atoms with Crippen LogP contribution in [0, 0.1) is 25.7 Å². The molecule has 1 unspecified atom stereocenters. The highest BCUT2D eigenvalue weighted by Gasteiger charge is 2.39. The molecule has 2 aromatic rings. The minimum absolute atomic E-state index is 0.00336. The van der Waals surface area contributed by atoms with E-state index in [9.17, 15) is 31.1 Å². The summed E-state index contributed by atoms with van der Waals surface area (Å²) in [7, 11) is 1.63. The number of amides is 1. The molecule has 240 valence electrons. The van der Waals surface area contributed by atoms with E-state index in [0.29, 0.717) is 64.5 Å². The van der Waals surface area contributed by atoms with Crippen LogP contribution in [0.5, 0.6) is 0 Å². The van der Waals surface area contributed by atoms with Crippen LogP contribution < -0.4 is 0 Å². The molecule has 1 amide bonds. The van der Waals surface area contributed by atoms with Gasteiger partial charge in [0.05, 0.1) is 43.5 Å². The summed E-state index contributed by atoms with van der Waals surface area (Å²) in [5.74, 6) is 5.51. The lowest BCUT2D eigenvalue weighted by molar-refractivity contribution is -0.143. The number of aryl methyl sites for hydroxylation is 2. The minimum atomic E-state index is -5.04. The van der Waals surface area contributed by atoms with Crippen LogP contribution in [-0.4, -0.2) is 98.9 Å². The Labute approximate surface area is 253 Å². The summed E-state index contributed by atoms with van der Waals surface area (Å²) in [6, 6.07) is 6.43. The highest BCUT2D eigenvalue weighted by atomic mass is 19.4. The number of piperazine rings is 1. The van der Waals surface area contributed by atoms with Crippen molar-refractivity contribution in [1.82, 2.24) is 14.7 Å². The van der Waals surface area contributed by atoms with Crippen molar-refractivity contribution < 1.29 is 40.6 Å². The number of morpholine rings is 1. The first-order valence-electron chi connectivity index (χ1n) is 14.4. The van der Waals surface area contributed by atoms with Crippen molar-refractivity contribution >= 4 is 5.91 Å². The van der Waals surface area contributed by atoms with Gasteiger partial charge >= 0.3 is 12.4 Å². The van der Waals surface area contributed by atoms with Crippen LogP contribution in [0.1, 0.15) is 38.2 Å². The van der Waals surface area contributed by atoms with Crippen molar-refractivity contribution in [2.45, 2.75) is 44.8 Å². The standard InChI is InChI=1S/C32H37F6N3O3/c1-22-6-7-24(14-23(22)2)15-28-19-39(8-4-5-9-40-12-13-44-29(20-40)21-43-3)10-11-41(28)30(42)25-16-26(31(33,34)35)18-27(17-25)32(36,37)38/h6-7,14,16-18,28-29H,8-13,15,19-21H2,1-3H3/t28-,29?/m1/s1. The van der Waals surface area contributed by atoms with E-state index < -0.39 is 41.0 Å². The van der Waals surface area contributed by atoms with E-state index in [4.69, 9.17) is 9.47 Å². The zero-order valence-electron chi connectivity index (χ0n) is 25.0. The molecule has 44 heavy (non-hydrogen) atoms. The molecule has 0 aromatic heterocycles. The molecule has 2 aliphatic heterocycles. The predicted molar refractivity (Wildman–Crippen MR) is 153 cm³/mol. The third-order valence-electron chi connectivity index (χ3n) is 8.01. The minimum Gasteiger partial charge on any atom is -0.382 e. The van der Waals surface area contributed by atoms with Gasteiger partial charge in [-0.05, 0) is 55.2 Å². The van der Waals surface area contributed by atoms with Gasteiger partial charge in [0.15, 0.2) is 0 Å². The predicted octanol–water partition coefficient (Wildman–Crippen LogP) is 5.06. The second-order valence-corrected chi connectivity index (χ2v) is 11.3. The van der Waals surface area contributed by atoms with Crippen LogP contribution in [0.4, 0.5) is 26.3 Å². The quantitative estimate of drug-likeness (QED) is 0.318. The molecule has 2 fully saturated rings. The average molecular weight is 626 g/mol. The maximum absolute atomic E-state index is 13.6. The maximum atomic E-state index is 13.6. The first-order valence-corrected chi connectivity index (χ1v) is 14.4. The topological polar surface area (TPSA) is 45.2 Å². The molecule has 2 aromatic carbocycles. The number of rotatable bonds is 7. The zero-order valence-corrected chi connectivity index (χ0v) is 25.0. The maximum Gasteiger partial charge on any atom is 0.416 e. The van der Waals surface area contributed by atoms with Gasteiger partial charge in [-0.3, -0.25) is 14.6 Å². The molecule has 0 bridgehead atoms. The van der Waals surface area contributed by atoms with Crippen molar-refractivity contribution in [2.75, 3.05) is 66.1 Å². The molecule has 0 radical (unpaired) electrons. The number of carbonyl (C=O) groups is 1. The van der Waals surface area contributed by atoms with Crippen molar-refractivity contribution in [1.29, 1.82) is 0 Å². The number of hydrogen-bond donors (Lipinski definition) is 0. The van der Waals surface area contributed by atoms with Gasteiger partial charge in [-0.2, -0.15) is 26.3 Å². The monoisotopic (exact) mass is 625 g/mol. The van der Waals surface area contributed by atoms with Gasteiger partial charge < -0.3 is 14.4 Å². The summed E-state index contributed by atoms with van der Waals surface area (Å²) in [6.45, 7) is 8.36. The van der Waals surface area contributed by atoms with Crippen molar-refractivity contribution in [3.8, 4) is 11.8 Å². The van der Waals surface area contributed by atoms with Crippen LogP contribution in [0.3, 0.4) is 0 Å². The molecule has 0 N–H and O–H groups in total. The number of alkyl halides is 6. The number of methoxy groups -OCH3 is 1. The second kappa shape index (κ2) is 14.3. The Morgan fingerprint density at radius 3 is 2.11 bits per heavy atom. The van der Waals surface area contributed by atoms with Gasteiger partial charge in [-0.1, -0.05) is 30.0 Å². The molecule has 0 spiro atoms. The fourth-order valence-corrected chi connectivity index (χ4v) is 5.50. The van der Waals surface area contributed by atoms with Gasteiger partial charge in [-0.25, -0.2) is 0 Å². The molecule has 12 heteroatoms. The van der Waals surface area contributed by atoms with Gasteiger partial charge in [-0.15, -0.1) is 0 Å². The number of hydrogen-bond acceptors (Lipinski definition) is 5. The van der Waals surface area contributed by atoms with E-state index >= 15 is 0 Å². The van der Waals surface area contributed by atoms with Gasteiger partial charge in [0.25, 0.3) is 5.91 Å². The molecule has 0 saturated carbocycles. The van der Waals surface area contributed by atoms with E-state index in [2.05, 4.69) is 21.6 Å². The number of carbonyl (C=O) groups excluding carboxylic acids is 1. The van der Waals surface area contributed by atoms with Crippen LogP contribution in [0.2, 0.25) is 0 Å². The molecule has 0 aliphatic carbocycles. The Morgan fingerprint density at radius 2 is 1.52 bits per heavy atom. The summed E-state index contributed by atoms with van der Waals surface area (Å²) < 4.78 is 92.0. The smallest absolute Gasteiger partial charge is 0.382 e. The SMILES string of the molecule is COCC1CN(CC#CCN2CCN(C(=O)c3cc(C(F)(F)F)cc(C(F)(F)F)c3)[C@H](Cc3ccc(C)c(C)c3)C2)CCO1. The van der Waals surface area contributed by atoms with Crippen LogP contribution in [0.15, 0.2) is 36.4 Å². The van der Waals surface area contributed by atoms with E-state index in [1.165, 1.54) is 4.90 Å². The molecule has 6 nitrogen and oxygen atoms in total. The van der Waals surface area contributed by atoms with E-state index in [1.807, 2.05) is 32.0 Å². The summed E-state index contributed by atoms with van der Waals surface area (Å²) in [6.07, 6.45) is -9.70. The highest BCUT2D eigenvalue weighted by molar-refractivity contribution is 5.95. The average Bonchev–Trinajstić information content (AvgIpc) is 2.96. The number of halogens is 6. The largest absolute Gasteiger partial charge is 0.416 e. The molecular weight excluding hydrogens is 588 g/mol. The Bertz CT molecular complexity index is 1330. The van der Waals surface area contributed by atoms with Gasteiger partial charge in [0.1, 0.15) is 0 Å². The Hall–Kier alpha value is -3.11. The Balaban J connectivity index is 1.53. The number of benzene rings is 2. The first kappa shape index (κ1) is 33.8. The van der Waals surface area contributed by atoms with Crippen molar-refractivity contribution in [3.05, 3.63) is 69.8 Å². The Morgan fingerprint density at radius 1 is 0.886 bits per heavy atom. The lowest BCUT2D eigenvalue weighted by Crippen LogP contribution is -2.56. The summed E-state index contributed by atoms with van der Waals surface area (Å²) in [5.41, 5.74) is -0.611. The summed E-state index contributed by atoms with van der Waals surface area (Å²) >= 11 is 0. The molecular formula is C32H37F6N3O3. The fraction of sp³-hybridized carbons (Fsp3) is 0.531. The fourth-order valence-electron chi connectivity index (χ4n) is 5.50. The van der Waals surface area contributed by atoms with Crippen LogP contribution in [-0.2, 0) is 28.2 Å². The lowest BCUT2D eigenvalue weighted by Gasteiger charge is -2.41. The number of nitrogens with zero attached hydrogens (tertiary/aromatic N) is 3. The summed E-state index contributed by atoms with van der Waals surface area (Å²) in [4.78, 5) is 19.3. The third-order valence-corrected chi connectivity index (χ3v) is 8.01. The molecule has 2 atom stereocenters. The molecule has 2 heterocycles. The normalized spacial score (nSPS) is 20.3. The second-order valence-electron chi connectivity index (χ2n) is 11.3. The van der Waals surface area contributed by atoms with E-state index in [0.717, 1.165) is 23.2 Å². The molecule has 2 aliphatic rings. The highest BCUT2D eigenvalue weighted by Crippen LogP contribution is 2.37. The van der Waals surface area contributed by atoms with Crippen LogP contribution in [0.25, 0.3) is 0 Å². The Kier molecular flexibility index (Phi) is 11.0. The first-order chi connectivity index (χ1) is 20.7. The van der Waals surface area contributed by atoms with Gasteiger partial charge in [0.2, 0.25) is 0 Å². The lowest BCUT2D eigenvalue weighted by atomic mass is 9.97. The van der Waals surface area contributed by atoms with Crippen LogP contribution >= 0.6 is 0 Å².